The van der Waals surface area contributed by atoms with Gasteiger partial charge in [-0.15, -0.1) is 0 Å². The Balaban J connectivity index is 2.17. The first kappa shape index (κ1) is 17.1. The maximum atomic E-state index is 12.7. The summed E-state index contributed by atoms with van der Waals surface area (Å²) in [4.78, 5) is 25.1. The van der Waals surface area contributed by atoms with Gasteiger partial charge in [0.05, 0.1) is 13.3 Å². The SMILES string of the molecule is Cc1c(C)[n+]([O-])c([C@H](c2ccco2)C2C(=O)OC(C)(C)OC2=O)n1C. The number of cyclic esters (lactones) is 2. The van der Waals surface area contributed by atoms with Crippen LogP contribution in [-0.2, 0) is 26.1 Å². The minimum atomic E-state index is -1.34. The largest absolute Gasteiger partial charge is 0.711 e. The predicted octanol–water partition coefficient (Wildman–Crippen LogP) is 1.45. The van der Waals surface area contributed by atoms with Crippen LogP contribution in [0.25, 0.3) is 0 Å². The molecular weight excluding hydrogens is 328 g/mol. The van der Waals surface area contributed by atoms with Gasteiger partial charge in [0.15, 0.2) is 5.92 Å². The Morgan fingerprint density at radius 2 is 1.84 bits per heavy atom. The van der Waals surface area contributed by atoms with Crippen LogP contribution >= 0.6 is 0 Å². The highest BCUT2D eigenvalue weighted by atomic mass is 16.7. The van der Waals surface area contributed by atoms with Gasteiger partial charge in [0.2, 0.25) is 0 Å². The first-order valence-electron chi connectivity index (χ1n) is 7.88. The average Bonchev–Trinajstić information content (AvgIpc) is 3.09. The molecule has 3 rings (SSSR count). The Morgan fingerprint density at radius 3 is 2.28 bits per heavy atom. The van der Waals surface area contributed by atoms with E-state index >= 15 is 0 Å². The smallest absolute Gasteiger partial charge is 0.325 e. The molecular formula is C17H20N2O6. The highest BCUT2D eigenvalue weighted by Gasteiger charge is 2.52. The van der Waals surface area contributed by atoms with Gasteiger partial charge in [0, 0.05) is 27.7 Å². The van der Waals surface area contributed by atoms with E-state index in [0.29, 0.717) is 16.2 Å². The molecule has 1 fully saturated rings. The second kappa shape index (κ2) is 5.65. The normalized spacial score (nSPS) is 18.8. The molecule has 0 aromatic carbocycles. The number of aromatic nitrogens is 2. The lowest BCUT2D eigenvalue weighted by Crippen LogP contribution is -2.50. The first-order chi connectivity index (χ1) is 11.6. The Labute approximate surface area is 144 Å². The van der Waals surface area contributed by atoms with Gasteiger partial charge >= 0.3 is 11.9 Å². The summed E-state index contributed by atoms with van der Waals surface area (Å²) in [5.41, 5.74) is 1.20. The molecule has 0 aliphatic carbocycles. The predicted molar refractivity (Wildman–Crippen MR) is 84.2 cm³/mol. The van der Waals surface area contributed by atoms with Crippen molar-refractivity contribution >= 4 is 11.9 Å². The molecule has 2 aromatic rings. The van der Waals surface area contributed by atoms with Gasteiger partial charge < -0.3 is 19.1 Å². The van der Waals surface area contributed by atoms with Crippen molar-refractivity contribution in [2.45, 2.75) is 39.4 Å². The summed E-state index contributed by atoms with van der Waals surface area (Å²) in [5.74, 6) is -4.61. The Bertz CT molecular complexity index is 788. The van der Waals surface area contributed by atoms with Crippen molar-refractivity contribution < 1.29 is 28.2 Å². The van der Waals surface area contributed by atoms with Crippen molar-refractivity contribution in [3.05, 3.63) is 46.6 Å². The molecule has 1 saturated heterocycles. The summed E-state index contributed by atoms with van der Waals surface area (Å²) in [7, 11) is 1.70. The third-order valence-corrected chi connectivity index (χ3v) is 4.54. The van der Waals surface area contributed by atoms with Gasteiger partial charge in [-0.05, 0) is 12.1 Å². The number of nitrogens with zero attached hydrogens (tertiary/aromatic N) is 2. The van der Waals surface area contributed by atoms with Crippen LogP contribution in [0.4, 0.5) is 0 Å². The zero-order chi connectivity index (χ0) is 18.5. The second-order valence-corrected chi connectivity index (χ2v) is 6.60. The van der Waals surface area contributed by atoms with E-state index in [0.717, 1.165) is 5.69 Å². The molecule has 3 heterocycles. The van der Waals surface area contributed by atoms with Crippen LogP contribution in [0.5, 0.6) is 0 Å². The number of carbonyl (C=O) groups excluding carboxylic acids is 2. The molecule has 0 saturated carbocycles. The second-order valence-electron chi connectivity index (χ2n) is 6.60. The van der Waals surface area contributed by atoms with E-state index in [4.69, 9.17) is 13.9 Å². The van der Waals surface area contributed by atoms with E-state index in [1.807, 2.05) is 0 Å². The fraction of sp³-hybridized carbons (Fsp3) is 0.471. The van der Waals surface area contributed by atoms with E-state index in [9.17, 15) is 14.8 Å². The molecule has 0 spiro atoms. The molecule has 1 atom stereocenters. The van der Waals surface area contributed by atoms with Crippen molar-refractivity contribution in [1.29, 1.82) is 0 Å². The van der Waals surface area contributed by atoms with Crippen LogP contribution in [0.1, 0.15) is 42.7 Å². The Morgan fingerprint density at radius 1 is 1.24 bits per heavy atom. The van der Waals surface area contributed by atoms with E-state index in [1.54, 1.807) is 37.6 Å². The van der Waals surface area contributed by atoms with Gasteiger partial charge in [-0.3, -0.25) is 9.59 Å². The van der Waals surface area contributed by atoms with Crippen molar-refractivity contribution in [3.63, 3.8) is 0 Å². The van der Waals surface area contributed by atoms with Gasteiger partial charge in [0.1, 0.15) is 23.1 Å². The standard InChI is InChI=1S/C17H20N2O6/c1-9-10(2)19(22)14(18(9)5)12(11-7-6-8-23-11)13-15(20)24-17(3,4)25-16(13)21/h6-8,12-13H,1-5H3/t12-/m1/s1. The van der Waals surface area contributed by atoms with Crippen molar-refractivity contribution in [3.8, 4) is 0 Å². The highest BCUT2D eigenvalue weighted by molar-refractivity contribution is 5.98. The molecule has 1 aliphatic rings. The topological polar surface area (TPSA) is 97.6 Å². The van der Waals surface area contributed by atoms with Gasteiger partial charge in [-0.25, -0.2) is 9.30 Å². The van der Waals surface area contributed by atoms with Gasteiger partial charge in [-0.2, -0.15) is 0 Å². The van der Waals surface area contributed by atoms with E-state index in [1.165, 1.54) is 20.1 Å². The molecule has 2 aromatic heterocycles. The highest BCUT2D eigenvalue weighted by Crippen LogP contribution is 2.37. The molecule has 0 radical (unpaired) electrons. The fourth-order valence-corrected chi connectivity index (χ4v) is 3.11. The number of hydrogen-bond acceptors (Lipinski definition) is 6. The number of rotatable bonds is 3. The lowest BCUT2D eigenvalue weighted by atomic mass is 9.88. The maximum Gasteiger partial charge on any atom is 0.325 e. The molecule has 134 valence electrons. The number of esters is 2. The van der Waals surface area contributed by atoms with Crippen LogP contribution in [0.2, 0.25) is 0 Å². The number of imidazole rings is 1. The lowest BCUT2D eigenvalue weighted by Gasteiger charge is -2.34. The maximum absolute atomic E-state index is 12.7. The van der Waals surface area contributed by atoms with Crippen LogP contribution in [0.15, 0.2) is 22.8 Å². The number of hydrogen-bond donors (Lipinski definition) is 0. The third kappa shape index (κ3) is 2.67. The zero-order valence-electron chi connectivity index (χ0n) is 14.7. The molecule has 25 heavy (non-hydrogen) atoms. The Kier molecular flexibility index (Phi) is 3.85. The minimum absolute atomic E-state index is 0.212. The molecule has 0 unspecified atom stereocenters. The summed E-state index contributed by atoms with van der Waals surface area (Å²) in [6.07, 6.45) is 1.42. The quantitative estimate of drug-likeness (QED) is 0.360. The molecule has 8 heteroatoms. The molecule has 0 N–H and O–H groups in total. The van der Waals surface area contributed by atoms with Crippen LogP contribution in [0.3, 0.4) is 0 Å². The van der Waals surface area contributed by atoms with Crippen LogP contribution in [-0.4, -0.2) is 22.3 Å². The first-order valence-corrected chi connectivity index (χ1v) is 7.88. The van der Waals surface area contributed by atoms with Crippen molar-refractivity contribution in [2.24, 2.45) is 13.0 Å². The molecule has 1 aliphatic heterocycles. The summed E-state index contributed by atoms with van der Waals surface area (Å²) in [5, 5.41) is 12.7. The van der Waals surface area contributed by atoms with Crippen LogP contribution in [0, 0.1) is 25.0 Å². The zero-order valence-corrected chi connectivity index (χ0v) is 14.7. The molecule has 0 amide bonds. The van der Waals surface area contributed by atoms with Gasteiger partial charge in [0.25, 0.3) is 11.6 Å². The number of ether oxygens (including phenoxy) is 2. The van der Waals surface area contributed by atoms with Crippen LogP contribution < -0.4 is 4.73 Å². The summed E-state index contributed by atoms with van der Waals surface area (Å²) < 4.78 is 18.2. The number of furan rings is 1. The number of carbonyl (C=O) groups is 2. The average molecular weight is 348 g/mol. The molecule has 8 nitrogen and oxygen atoms in total. The van der Waals surface area contributed by atoms with E-state index in [2.05, 4.69) is 0 Å². The summed E-state index contributed by atoms with van der Waals surface area (Å²) in [6, 6.07) is 3.24. The van der Waals surface area contributed by atoms with Gasteiger partial charge in [-0.1, -0.05) is 0 Å². The Hall–Kier alpha value is -2.77. The summed E-state index contributed by atoms with van der Waals surface area (Å²) in [6.45, 7) is 6.41. The van der Waals surface area contributed by atoms with Crippen molar-refractivity contribution in [1.82, 2.24) is 4.57 Å². The monoisotopic (exact) mass is 348 g/mol. The van der Waals surface area contributed by atoms with E-state index in [-0.39, 0.29) is 5.82 Å². The summed E-state index contributed by atoms with van der Waals surface area (Å²) >= 11 is 0. The fourth-order valence-electron chi connectivity index (χ4n) is 3.11. The lowest BCUT2D eigenvalue weighted by molar-refractivity contribution is -0.621. The third-order valence-electron chi connectivity index (χ3n) is 4.54. The van der Waals surface area contributed by atoms with E-state index < -0.39 is 29.6 Å². The molecule has 0 bridgehead atoms. The van der Waals surface area contributed by atoms with Crippen molar-refractivity contribution in [2.75, 3.05) is 0 Å². The minimum Gasteiger partial charge on any atom is -0.711 e.